The minimum Gasteiger partial charge on any atom is -0.381 e. The van der Waals surface area contributed by atoms with Gasteiger partial charge in [-0.05, 0) is 24.9 Å². The summed E-state index contributed by atoms with van der Waals surface area (Å²) in [5.74, 6) is 1.19. The summed E-state index contributed by atoms with van der Waals surface area (Å²) in [6.07, 6.45) is 2.66. The summed E-state index contributed by atoms with van der Waals surface area (Å²) in [6.45, 7) is 3.75. The molecule has 2 N–H and O–H groups in total. The maximum absolute atomic E-state index is 5.88. The maximum Gasteiger partial charge on any atom is 0.226 e. The molecule has 2 atom stereocenters. The molecule has 1 aliphatic rings. The van der Waals surface area contributed by atoms with Gasteiger partial charge in [-0.2, -0.15) is 9.97 Å². The Morgan fingerprint density at radius 3 is 3.22 bits per heavy atom. The monoisotopic (exact) mass is 267 g/mol. The number of ether oxygens (including phenoxy) is 1. The Kier molecular flexibility index (Phi) is 3.05. The van der Waals surface area contributed by atoms with Crippen molar-refractivity contribution in [1.82, 2.24) is 19.9 Å². The summed E-state index contributed by atoms with van der Waals surface area (Å²) in [7, 11) is 0. The average Bonchev–Trinajstić information content (AvgIpc) is 2.98. The number of nitrogens with one attached hydrogen (secondary N) is 2. The van der Waals surface area contributed by atoms with E-state index in [2.05, 4.69) is 32.2 Å². The Balaban J connectivity index is 1.86. The van der Waals surface area contributed by atoms with Crippen molar-refractivity contribution >= 4 is 28.6 Å². The second kappa shape index (κ2) is 4.70. The molecule has 0 spiro atoms. The van der Waals surface area contributed by atoms with E-state index in [1.807, 2.05) is 0 Å². The lowest BCUT2D eigenvalue weighted by molar-refractivity contribution is 0.183. The lowest BCUT2D eigenvalue weighted by Crippen LogP contribution is -2.26. The molecule has 2 aromatic heterocycles. The predicted molar refractivity (Wildman–Crippen MR) is 68.7 cm³/mol. The molecule has 2 aromatic rings. The molecule has 3 rings (SSSR count). The Bertz CT molecular complexity index is 551. The number of hydrogen-bond donors (Lipinski definition) is 2. The standard InChI is InChI=1S/C11H14ClN5O/c1-6(7-2-3-18-4-7)15-10-8-9(14-5-13-8)16-11(12)17-10/h5-7H,2-4H2,1H3,(H2,13,14,15,16,17). The van der Waals surface area contributed by atoms with Crippen LogP contribution in [0, 0.1) is 5.92 Å². The lowest BCUT2D eigenvalue weighted by atomic mass is 10.0. The van der Waals surface area contributed by atoms with Crippen molar-refractivity contribution in [2.75, 3.05) is 18.5 Å². The van der Waals surface area contributed by atoms with E-state index in [0.29, 0.717) is 17.4 Å². The summed E-state index contributed by atoms with van der Waals surface area (Å²) < 4.78 is 5.39. The Morgan fingerprint density at radius 1 is 1.56 bits per heavy atom. The number of imidazole rings is 1. The Hall–Kier alpha value is -1.40. The summed E-state index contributed by atoms with van der Waals surface area (Å²) in [5.41, 5.74) is 1.36. The van der Waals surface area contributed by atoms with Crippen molar-refractivity contribution in [3.63, 3.8) is 0 Å². The molecule has 6 nitrogen and oxygen atoms in total. The van der Waals surface area contributed by atoms with Crippen LogP contribution in [0.15, 0.2) is 6.33 Å². The fourth-order valence-corrected chi connectivity index (χ4v) is 2.36. The summed E-state index contributed by atoms with van der Waals surface area (Å²) in [6, 6.07) is 0.268. The molecule has 1 saturated heterocycles. The number of hydrogen-bond acceptors (Lipinski definition) is 5. The van der Waals surface area contributed by atoms with Crippen LogP contribution in [-0.4, -0.2) is 39.2 Å². The molecule has 18 heavy (non-hydrogen) atoms. The van der Waals surface area contributed by atoms with E-state index < -0.39 is 0 Å². The molecule has 1 fully saturated rings. The van der Waals surface area contributed by atoms with Gasteiger partial charge >= 0.3 is 0 Å². The van der Waals surface area contributed by atoms with E-state index in [-0.39, 0.29) is 11.3 Å². The molecule has 0 saturated carbocycles. The van der Waals surface area contributed by atoms with Crippen LogP contribution in [0.5, 0.6) is 0 Å². The van der Waals surface area contributed by atoms with Crippen LogP contribution >= 0.6 is 11.6 Å². The van der Waals surface area contributed by atoms with E-state index in [4.69, 9.17) is 16.3 Å². The van der Waals surface area contributed by atoms with E-state index in [0.717, 1.165) is 25.2 Å². The van der Waals surface area contributed by atoms with Crippen molar-refractivity contribution in [2.45, 2.75) is 19.4 Å². The van der Waals surface area contributed by atoms with Gasteiger partial charge in [0.2, 0.25) is 5.28 Å². The van der Waals surface area contributed by atoms with Crippen molar-refractivity contribution in [3.8, 4) is 0 Å². The topological polar surface area (TPSA) is 75.7 Å². The van der Waals surface area contributed by atoms with Crippen LogP contribution in [-0.2, 0) is 4.74 Å². The molecular weight excluding hydrogens is 254 g/mol. The molecule has 0 radical (unpaired) electrons. The zero-order valence-electron chi connectivity index (χ0n) is 9.98. The molecule has 0 aliphatic carbocycles. The third-order valence-electron chi connectivity index (χ3n) is 3.29. The molecule has 3 heterocycles. The number of rotatable bonds is 3. The van der Waals surface area contributed by atoms with E-state index >= 15 is 0 Å². The molecule has 96 valence electrons. The number of aromatic amines is 1. The van der Waals surface area contributed by atoms with Crippen LogP contribution in [0.2, 0.25) is 5.28 Å². The molecule has 2 unspecified atom stereocenters. The van der Waals surface area contributed by atoms with Gasteiger partial charge in [-0.25, -0.2) is 4.98 Å². The predicted octanol–water partition coefficient (Wildman–Crippen LogP) is 1.84. The van der Waals surface area contributed by atoms with Gasteiger partial charge in [0.25, 0.3) is 0 Å². The van der Waals surface area contributed by atoms with Gasteiger partial charge < -0.3 is 15.0 Å². The van der Waals surface area contributed by atoms with Gasteiger partial charge in [0.1, 0.15) is 5.52 Å². The fourth-order valence-electron chi connectivity index (χ4n) is 2.19. The Labute approximate surface area is 109 Å². The first kappa shape index (κ1) is 11.7. The number of H-pyrrole nitrogens is 1. The first-order valence-corrected chi connectivity index (χ1v) is 6.33. The molecule has 0 bridgehead atoms. The zero-order chi connectivity index (χ0) is 12.5. The van der Waals surface area contributed by atoms with Crippen molar-refractivity contribution < 1.29 is 4.74 Å². The highest BCUT2D eigenvalue weighted by Gasteiger charge is 2.23. The average molecular weight is 268 g/mol. The smallest absolute Gasteiger partial charge is 0.226 e. The summed E-state index contributed by atoms with van der Waals surface area (Å²) in [4.78, 5) is 15.4. The second-order valence-electron chi connectivity index (χ2n) is 4.50. The van der Waals surface area contributed by atoms with E-state index in [1.54, 1.807) is 6.33 Å². The normalized spacial score (nSPS) is 21.3. The highest BCUT2D eigenvalue weighted by molar-refractivity contribution is 6.28. The molecular formula is C11H14ClN5O. The lowest BCUT2D eigenvalue weighted by Gasteiger charge is -2.19. The van der Waals surface area contributed by atoms with E-state index in [9.17, 15) is 0 Å². The number of fused-ring (bicyclic) bond motifs is 1. The number of anilines is 1. The SMILES string of the molecule is CC(Nc1nc(Cl)nc2nc[nH]c12)C1CCOC1. The van der Waals surface area contributed by atoms with Gasteiger partial charge in [-0.1, -0.05) is 0 Å². The number of halogens is 1. The van der Waals surface area contributed by atoms with Crippen LogP contribution in [0.25, 0.3) is 11.2 Å². The fraction of sp³-hybridized carbons (Fsp3) is 0.545. The van der Waals surface area contributed by atoms with Gasteiger partial charge in [0.15, 0.2) is 11.5 Å². The molecule has 1 aliphatic heterocycles. The van der Waals surface area contributed by atoms with Gasteiger partial charge in [0, 0.05) is 18.6 Å². The molecule has 0 aromatic carbocycles. The third-order valence-corrected chi connectivity index (χ3v) is 3.46. The molecule has 0 amide bonds. The number of aromatic nitrogens is 4. The second-order valence-corrected chi connectivity index (χ2v) is 4.84. The Morgan fingerprint density at radius 2 is 2.44 bits per heavy atom. The van der Waals surface area contributed by atoms with Gasteiger partial charge in [-0.15, -0.1) is 0 Å². The zero-order valence-corrected chi connectivity index (χ0v) is 10.7. The van der Waals surface area contributed by atoms with Crippen molar-refractivity contribution in [2.24, 2.45) is 5.92 Å². The maximum atomic E-state index is 5.88. The van der Waals surface area contributed by atoms with Crippen molar-refractivity contribution in [3.05, 3.63) is 11.6 Å². The minimum absolute atomic E-state index is 0.201. The van der Waals surface area contributed by atoms with E-state index in [1.165, 1.54) is 0 Å². The van der Waals surface area contributed by atoms with Crippen LogP contribution in [0.4, 0.5) is 5.82 Å². The summed E-state index contributed by atoms with van der Waals surface area (Å²) in [5, 5.41) is 3.57. The van der Waals surface area contributed by atoms with Crippen LogP contribution in [0.1, 0.15) is 13.3 Å². The first-order chi connectivity index (χ1) is 8.74. The van der Waals surface area contributed by atoms with Crippen LogP contribution in [0.3, 0.4) is 0 Å². The summed E-state index contributed by atoms with van der Waals surface area (Å²) >= 11 is 5.88. The van der Waals surface area contributed by atoms with Gasteiger partial charge in [-0.3, -0.25) is 0 Å². The number of nitrogens with zero attached hydrogens (tertiary/aromatic N) is 3. The van der Waals surface area contributed by atoms with Crippen molar-refractivity contribution in [1.29, 1.82) is 0 Å². The van der Waals surface area contributed by atoms with Gasteiger partial charge in [0.05, 0.1) is 12.9 Å². The molecule has 7 heteroatoms. The first-order valence-electron chi connectivity index (χ1n) is 5.95. The highest BCUT2D eigenvalue weighted by Crippen LogP contribution is 2.23. The van der Waals surface area contributed by atoms with Crippen LogP contribution < -0.4 is 5.32 Å². The quantitative estimate of drug-likeness (QED) is 0.830. The largest absolute Gasteiger partial charge is 0.381 e. The third kappa shape index (κ3) is 2.13. The highest BCUT2D eigenvalue weighted by atomic mass is 35.5. The minimum atomic E-state index is 0.201.